The Balaban J connectivity index is 2.02. The molecule has 15 heavy (non-hydrogen) atoms. The second-order valence-corrected chi connectivity index (χ2v) is 2.83. The molecule has 0 aliphatic carbocycles. The number of hydrogen-bond donors (Lipinski definition) is 2. The van der Waals surface area contributed by atoms with E-state index in [-0.39, 0.29) is 0 Å². The Labute approximate surface area is 86.0 Å². The Hall–Kier alpha value is -2.42. The van der Waals surface area contributed by atoms with Crippen LogP contribution in [0.4, 0.5) is 5.82 Å². The molecule has 0 fully saturated rings. The van der Waals surface area contributed by atoms with Gasteiger partial charge in [0.15, 0.2) is 5.69 Å². The van der Waals surface area contributed by atoms with E-state index in [0.717, 1.165) is 5.69 Å². The Bertz CT molecular complexity index is 470. The molecule has 0 amide bonds. The van der Waals surface area contributed by atoms with E-state index in [0.29, 0.717) is 18.1 Å². The number of nitrogens with zero attached hydrogens (tertiary/aromatic N) is 4. The van der Waals surface area contributed by atoms with Crippen molar-refractivity contribution in [3.63, 3.8) is 0 Å². The number of H-pyrrole nitrogens is 1. The van der Waals surface area contributed by atoms with Crippen LogP contribution in [-0.4, -0.2) is 19.9 Å². The van der Waals surface area contributed by atoms with Crippen LogP contribution in [0.15, 0.2) is 24.9 Å². The van der Waals surface area contributed by atoms with Crippen LogP contribution >= 0.6 is 0 Å². The largest absolute Gasteiger partial charge is 0.363 e. The van der Waals surface area contributed by atoms with E-state index < -0.39 is 0 Å². The first-order chi connectivity index (χ1) is 7.38. The minimum absolute atomic E-state index is 0.296. The lowest BCUT2D eigenvalue weighted by Crippen LogP contribution is -2.02. The number of aromatic nitrogens is 4. The summed E-state index contributed by atoms with van der Waals surface area (Å²) in [6.45, 7) is 0.573. The highest BCUT2D eigenvalue weighted by Crippen LogP contribution is 2.03. The van der Waals surface area contributed by atoms with Gasteiger partial charge in [0.2, 0.25) is 0 Å². The fourth-order valence-electron chi connectivity index (χ4n) is 1.07. The smallest absolute Gasteiger partial charge is 0.161 e. The molecule has 0 saturated carbocycles. The molecule has 2 aromatic heterocycles. The van der Waals surface area contributed by atoms with Crippen LogP contribution < -0.4 is 5.32 Å². The lowest BCUT2D eigenvalue weighted by atomic mass is 10.4. The summed E-state index contributed by atoms with van der Waals surface area (Å²) < 4.78 is 0. The first-order valence-corrected chi connectivity index (χ1v) is 4.32. The molecule has 0 aliphatic heterocycles. The average molecular weight is 200 g/mol. The molecule has 2 N–H and O–H groups in total. The summed E-state index contributed by atoms with van der Waals surface area (Å²) in [7, 11) is 0. The molecular weight excluding hydrogens is 192 g/mol. The second kappa shape index (κ2) is 4.19. The van der Waals surface area contributed by atoms with Gasteiger partial charge in [-0.25, -0.2) is 9.97 Å². The van der Waals surface area contributed by atoms with Crippen LogP contribution in [0.2, 0.25) is 0 Å². The van der Waals surface area contributed by atoms with Crippen molar-refractivity contribution in [1.82, 2.24) is 19.9 Å². The number of aromatic amines is 1. The van der Waals surface area contributed by atoms with Crippen molar-refractivity contribution in [3.05, 3.63) is 36.3 Å². The number of imidazole rings is 1. The zero-order valence-corrected chi connectivity index (χ0v) is 7.81. The molecule has 2 aromatic rings. The fourth-order valence-corrected chi connectivity index (χ4v) is 1.07. The molecule has 0 bridgehead atoms. The van der Waals surface area contributed by atoms with Gasteiger partial charge in [0.25, 0.3) is 0 Å². The van der Waals surface area contributed by atoms with Gasteiger partial charge in [-0.15, -0.1) is 0 Å². The van der Waals surface area contributed by atoms with Gasteiger partial charge in [0, 0.05) is 6.20 Å². The molecular formula is C9H8N6. The molecule has 0 aromatic carbocycles. The van der Waals surface area contributed by atoms with Crippen molar-refractivity contribution >= 4 is 5.82 Å². The maximum atomic E-state index is 8.62. The molecule has 2 heterocycles. The predicted molar refractivity (Wildman–Crippen MR) is 52.7 cm³/mol. The normalized spacial score (nSPS) is 9.53. The first kappa shape index (κ1) is 9.15. The van der Waals surface area contributed by atoms with E-state index in [1.807, 2.05) is 6.07 Å². The van der Waals surface area contributed by atoms with Gasteiger partial charge >= 0.3 is 0 Å². The van der Waals surface area contributed by atoms with E-state index >= 15 is 0 Å². The quantitative estimate of drug-likeness (QED) is 0.760. The highest BCUT2D eigenvalue weighted by molar-refractivity contribution is 5.34. The molecule has 0 atom stereocenters. The Morgan fingerprint density at radius 1 is 1.33 bits per heavy atom. The first-order valence-electron chi connectivity index (χ1n) is 4.32. The Kier molecular flexibility index (Phi) is 2.56. The van der Waals surface area contributed by atoms with Crippen LogP contribution in [-0.2, 0) is 6.54 Å². The number of rotatable bonds is 3. The Morgan fingerprint density at radius 3 is 3.00 bits per heavy atom. The van der Waals surface area contributed by atoms with Crippen molar-refractivity contribution in [1.29, 1.82) is 5.26 Å². The minimum atomic E-state index is 0.296. The van der Waals surface area contributed by atoms with Gasteiger partial charge in [-0.2, -0.15) is 5.26 Å². The summed E-state index contributed by atoms with van der Waals surface area (Å²) in [5.41, 5.74) is 1.24. The maximum absolute atomic E-state index is 8.62. The van der Waals surface area contributed by atoms with Crippen molar-refractivity contribution < 1.29 is 0 Å². The van der Waals surface area contributed by atoms with Crippen molar-refractivity contribution in [2.45, 2.75) is 6.54 Å². The van der Waals surface area contributed by atoms with Gasteiger partial charge in [-0.3, -0.25) is 4.98 Å². The van der Waals surface area contributed by atoms with Gasteiger partial charge in [0.05, 0.1) is 31.0 Å². The monoisotopic (exact) mass is 200 g/mol. The van der Waals surface area contributed by atoms with Crippen LogP contribution in [0.1, 0.15) is 11.4 Å². The molecule has 6 heteroatoms. The van der Waals surface area contributed by atoms with Crippen LogP contribution in [0.5, 0.6) is 0 Å². The van der Waals surface area contributed by atoms with Crippen molar-refractivity contribution in [2.24, 2.45) is 0 Å². The standard InChI is InChI=1S/C9H8N6/c10-1-7-2-11-5-9(15-7)13-4-8-3-12-6-14-8/h2-3,5-6H,4H2,(H,12,14)(H,13,15). The average Bonchev–Trinajstić information content (AvgIpc) is 2.79. The molecule has 0 spiro atoms. The number of anilines is 1. The van der Waals surface area contributed by atoms with Gasteiger partial charge in [0.1, 0.15) is 11.9 Å². The van der Waals surface area contributed by atoms with Crippen LogP contribution in [0.3, 0.4) is 0 Å². The maximum Gasteiger partial charge on any atom is 0.161 e. The van der Waals surface area contributed by atoms with Crippen LogP contribution in [0, 0.1) is 11.3 Å². The van der Waals surface area contributed by atoms with E-state index in [9.17, 15) is 0 Å². The summed E-state index contributed by atoms with van der Waals surface area (Å²) in [6, 6.07) is 1.93. The number of nitrogens with one attached hydrogen (secondary N) is 2. The lowest BCUT2D eigenvalue weighted by molar-refractivity contribution is 1.03. The minimum Gasteiger partial charge on any atom is -0.363 e. The van der Waals surface area contributed by atoms with Crippen molar-refractivity contribution in [3.8, 4) is 6.07 Å². The summed E-state index contributed by atoms with van der Waals surface area (Å²) in [6.07, 6.45) is 6.31. The van der Waals surface area contributed by atoms with Crippen LogP contribution in [0.25, 0.3) is 0 Å². The summed E-state index contributed by atoms with van der Waals surface area (Å²) in [4.78, 5) is 14.7. The van der Waals surface area contributed by atoms with E-state index in [1.54, 1.807) is 18.7 Å². The molecule has 0 aliphatic rings. The summed E-state index contributed by atoms with van der Waals surface area (Å²) >= 11 is 0. The molecule has 6 nitrogen and oxygen atoms in total. The third-order valence-electron chi connectivity index (χ3n) is 1.76. The zero-order chi connectivity index (χ0) is 10.5. The topological polar surface area (TPSA) is 90.3 Å². The number of nitriles is 1. The van der Waals surface area contributed by atoms with Gasteiger partial charge in [-0.1, -0.05) is 0 Å². The highest BCUT2D eigenvalue weighted by Gasteiger charge is 1.98. The molecule has 2 rings (SSSR count). The van der Waals surface area contributed by atoms with Gasteiger partial charge in [-0.05, 0) is 0 Å². The number of hydrogen-bond acceptors (Lipinski definition) is 5. The Morgan fingerprint density at radius 2 is 2.27 bits per heavy atom. The summed E-state index contributed by atoms with van der Waals surface area (Å²) in [5, 5.41) is 11.6. The SMILES string of the molecule is N#Cc1cncc(NCc2cnc[nH]2)n1. The third kappa shape index (κ3) is 2.28. The molecule has 0 saturated heterocycles. The van der Waals surface area contributed by atoms with Crippen molar-refractivity contribution in [2.75, 3.05) is 5.32 Å². The summed E-state index contributed by atoms with van der Waals surface area (Å²) in [5.74, 6) is 0.573. The molecule has 0 unspecified atom stereocenters. The van der Waals surface area contributed by atoms with Gasteiger partial charge < -0.3 is 10.3 Å². The molecule has 0 radical (unpaired) electrons. The fraction of sp³-hybridized carbons (Fsp3) is 0.111. The third-order valence-corrected chi connectivity index (χ3v) is 1.76. The van der Waals surface area contributed by atoms with E-state index in [1.165, 1.54) is 6.20 Å². The van der Waals surface area contributed by atoms with E-state index in [2.05, 4.69) is 25.3 Å². The highest BCUT2D eigenvalue weighted by atomic mass is 15.0. The molecule has 74 valence electrons. The zero-order valence-electron chi connectivity index (χ0n) is 7.81. The second-order valence-electron chi connectivity index (χ2n) is 2.83. The predicted octanol–water partition coefficient (Wildman–Crippen LogP) is 0.683. The lowest BCUT2D eigenvalue weighted by Gasteiger charge is -2.02. The van der Waals surface area contributed by atoms with E-state index in [4.69, 9.17) is 5.26 Å².